The number of carbonyl (C=O) groups is 2. The van der Waals surface area contributed by atoms with Gasteiger partial charge in [-0.2, -0.15) is 0 Å². The summed E-state index contributed by atoms with van der Waals surface area (Å²) in [5.41, 5.74) is 1.66. The van der Waals surface area contributed by atoms with E-state index in [-0.39, 0.29) is 5.97 Å². The van der Waals surface area contributed by atoms with Gasteiger partial charge in [-0.25, -0.2) is 4.79 Å². The van der Waals surface area contributed by atoms with Crippen molar-refractivity contribution in [1.82, 2.24) is 4.81 Å². The van der Waals surface area contributed by atoms with E-state index in [1.54, 1.807) is 18.3 Å². The molecule has 0 saturated heterocycles. The number of hydrogen-bond donors (Lipinski definition) is 0. The number of carbonyl (C=O) groups excluding carboxylic acids is 2. The van der Waals surface area contributed by atoms with Crippen LogP contribution in [0.15, 0.2) is 5.38 Å². The first-order valence-corrected chi connectivity index (χ1v) is 6.43. The maximum atomic E-state index is 11.7. The molecule has 1 aliphatic heterocycles. The SMILES string of the molecule is CCOC(=O)c1csc2c1CN([B]C=O)CC2. The van der Waals surface area contributed by atoms with E-state index in [1.807, 2.05) is 10.2 Å². The molecule has 2 heterocycles. The molecule has 89 valence electrons. The Balaban J connectivity index is 2.19. The predicted molar refractivity (Wildman–Crippen MR) is 66.9 cm³/mol. The zero-order chi connectivity index (χ0) is 12.3. The number of thiophene rings is 1. The maximum Gasteiger partial charge on any atom is 0.339 e. The summed E-state index contributed by atoms with van der Waals surface area (Å²) < 4.78 is 5.02. The zero-order valence-electron chi connectivity index (χ0n) is 9.64. The molecule has 0 fully saturated rings. The van der Waals surface area contributed by atoms with Crippen LogP contribution in [0.1, 0.15) is 27.7 Å². The van der Waals surface area contributed by atoms with Crippen LogP contribution in [0.4, 0.5) is 0 Å². The Kier molecular flexibility index (Phi) is 3.96. The summed E-state index contributed by atoms with van der Waals surface area (Å²) in [5, 5.41) is 1.85. The van der Waals surface area contributed by atoms with E-state index in [2.05, 4.69) is 0 Å². The summed E-state index contributed by atoms with van der Waals surface area (Å²) in [6, 6.07) is 0. The predicted octanol–water partition coefficient (Wildman–Crippen LogP) is 1.09. The van der Waals surface area contributed by atoms with Gasteiger partial charge in [-0.3, -0.25) is 0 Å². The van der Waals surface area contributed by atoms with Gasteiger partial charge in [-0.1, -0.05) is 0 Å². The molecule has 6 heteroatoms. The standard InChI is InChI=1S/C11H13BNO3S/c1-2-16-11(15)9-6-17-10-3-4-13(12-7-14)5-8(9)10/h6-7H,2-5H2,1H3. The van der Waals surface area contributed by atoms with Gasteiger partial charge < -0.3 is 14.3 Å². The fraction of sp³-hybridized carbons (Fsp3) is 0.455. The third-order valence-corrected chi connectivity index (χ3v) is 3.82. The maximum absolute atomic E-state index is 11.7. The van der Waals surface area contributed by atoms with E-state index >= 15 is 0 Å². The topological polar surface area (TPSA) is 46.6 Å². The van der Waals surface area contributed by atoms with Crippen molar-refractivity contribution in [2.75, 3.05) is 13.2 Å². The molecule has 1 aromatic heterocycles. The van der Waals surface area contributed by atoms with Crippen molar-refractivity contribution >= 4 is 30.9 Å². The van der Waals surface area contributed by atoms with Crippen molar-refractivity contribution in [3.05, 3.63) is 21.4 Å². The largest absolute Gasteiger partial charge is 0.462 e. The minimum Gasteiger partial charge on any atom is -0.462 e. The van der Waals surface area contributed by atoms with Crippen molar-refractivity contribution in [3.8, 4) is 0 Å². The Morgan fingerprint density at radius 1 is 1.71 bits per heavy atom. The molecule has 0 aromatic carbocycles. The highest BCUT2D eigenvalue weighted by atomic mass is 32.1. The second kappa shape index (κ2) is 5.47. The summed E-state index contributed by atoms with van der Waals surface area (Å²) in [4.78, 5) is 25.3. The summed E-state index contributed by atoms with van der Waals surface area (Å²) >= 11 is 1.60. The average molecular weight is 250 g/mol. The molecule has 1 aromatic rings. The summed E-state index contributed by atoms with van der Waals surface area (Å²) in [7, 11) is 1.52. The number of esters is 1. The second-order valence-corrected chi connectivity index (χ2v) is 4.74. The lowest BCUT2D eigenvalue weighted by molar-refractivity contribution is 0.0525. The molecule has 0 atom stereocenters. The third kappa shape index (κ3) is 2.58. The van der Waals surface area contributed by atoms with Gasteiger partial charge in [0.2, 0.25) is 0 Å². The van der Waals surface area contributed by atoms with E-state index < -0.39 is 0 Å². The fourth-order valence-corrected chi connectivity index (χ4v) is 2.95. The molecule has 1 radical (unpaired) electrons. The van der Waals surface area contributed by atoms with Crippen LogP contribution >= 0.6 is 11.3 Å². The van der Waals surface area contributed by atoms with Crippen molar-refractivity contribution in [2.24, 2.45) is 0 Å². The average Bonchev–Trinajstić information content (AvgIpc) is 2.73. The molecule has 0 bridgehead atoms. The van der Waals surface area contributed by atoms with E-state index in [0.717, 1.165) is 24.7 Å². The Bertz CT molecular complexity index is 432. The van der Waals surface area contributed by atoms with Gasteiger partial charge in [0.15, 0.2) is 0 Å². The minimum atomic E-state index is -0.266. The third-order valence-electron chi connectivity index (χ3n) is 2.74. The molecule has 0 saturated carbocycles. The summed E-state index contributed by atoms with van der Waals surface area (Å²) in [6.07, 6.45) is 1.66. The minimum absolute atomic E-state index is 0.266. The Hall–Kier alpha value is -1.14. The van der Waals surface area contributed by atoms with E-state index in [9.17, 15) is 9.59 Å². The molecular weight excluding hydrogens is 237 g/mol. The number of fused-ring (bicyclic) bond motifs is 1. The molecule has 17 heavy (non-hydrogen) atoms. The van der Waals surface area contributed by atoms with E-state index in [0.29, 0.717) is 18.7 Å². The van der Waals surface area contributed by atoms with Crippen LogP contribution in [0, 0.1) is 0 Å². The highest BCUT2D eigenvalue weighted by Crippen LogP contribution is 2.28. The lowest BCUT2D eigenvalue weighted by Crippen LogP contribution is -2.34. The smallest absolute Gasteiger partial charge is 0.339 e. The summed E-state index contributed by atoms with van der Waals surface area (Å²) in [5.74, 6) is -0.266. The van der Waals surface area contributed by atoms with Crippen LogP contribution < -0.4 is 0 Å². The molecule has 0 N–H and O–H groups in total. The quantitative estimate of drug-likeness (QED) is 0.456. The van der Waals surface area contributed by atoms with Crippen molar-refractivity contribution < 1.29 is 14.3 Å². The molecule has 0 spiro atoms. The normalized spacial score (nSPS) is 15.1. The number of nitrogens with zero attached hydrogens (tertiary/aromatic N) is 1. The molecular formula is C11H13BNO3S. The van der Waals surface area contributed by atoms with Crippen molar-refractivity contribution in [2.45, 2.75) is 19.9 Å². The van der Waals surface area contributed by atoms with Gasteiger partial charge in [0.1, 0.15) is 0 Å². The van der Waals surface area contributed by atoms with Gasteiger partial charge in [-0.15, -0.1) is 11.3 Å². The Labute approximate surface area is 105 Å². The first-order valence-electron chi connectivity index (χ1n) is 5.55. The summed E-state index contributed by atoms with van der Waals surface area (Å²) in [6.45, 7) is 3.62. The molecule has 4 nitrogen and oxygen atoms in total. The second-order valence-electron chi connectivity index (χ2n) is 3.78. The first-order chi connectivity index (χ1) is 8.26. The highest BCUT2D eigenvalue weighted by Gasteiger charge is 2.24. The van der Waals surface area contributed by atoms with Gasteiger partial charge in [-0.05, 0) is 25.5 Å². The molecule has 2 rings (SSSR count). The molecule has 1 aliphatic rings. The fourth-order valence-electron chi connectivity index (χ4n) is 1.93. The van der Waals surface area contributed by atoms with Gasteiger partial charge in [0, 0.05) is 16.8 Å². The van der Waals surface area contributed by atoms with Crippen LogP contribution in [-0.4, -0.2) is 37.5 Å². The number of ether oxygens (including phenoxy) is 1. The van der Waals surface area contributed by atoms with Crippen LogP contribution in [0.5, 0.6) is 0 Å². The number of hydrogen-bond acceptors (Lipinski definition) is 5. The van der Waals surface area contributed by atoms with Crippen molar-refractivity contribution in [1.29, 1.82) is 0 Å². The lowest BCUT2D eigenvalue weighted by Gasteiger charge is -2.25. The van der Waals surface area contributed by atoms with Gasteiger partial charge >= 0.3 is 5.97 Å². The van der Waals surface area contributed by atoms with Gasteiger partial charge in [0.05, 0.1) is 18.4 Å². The van der Waals surface area contributed by atoms with E-state index in [4.69, 9.17) is 4.74 Å². The molecule has 0 amide bonds. The Morgan fingerprint density at radius 2 is 2.53 bits per heavy atom. The first kappa shape index (κ1) is 12.3. The van der Waals surface area contributed by atoms with Crippen LogP contribution in [0.2, 0.25) is 0 Å². The van der Waals surface area contributed by atoms with E-state index in [1.165, 1.54) is 12.3 Å². The zero-order valence-corrected chi connectivity index (χ0v) is 10.5. The lowest BCUT2D eigenvalue weighted by atomic mass is 9.90. The highest BCUT2D eigenvalue weighted by molar-refractivity contribution is 7.10. The van der Waals surface area contributed by atoms with Gasteiger partial charge in [0.25, 0.3) is 7.41 Å². The van der Waals surface area contributed by atoms with Crippen LogP contribution in [-0.2, 0) is 22.5 Å². The molecule has 0 unspecified atom stereocenters. The molecule has 0 aliphatic carbocycles. The van der Waals surface area contributed by atoms with Crippen LogP contribution in [0.3, 0.4) is 0 Å². The van der Waals surface area contributed by atoms with Crippen LogP contribution in [0.25, 0.3) is 0 Å². The monoisotopic (exact) mass is 250 g/mol. The van der Waals surface area contributed by atoms with Crippen molar-refractivity contribution in [3.63, 3.8) is 0 Å². The number of rotatable bonds is 4. The Morgan fingerprint density at radius 3 is 3.24 bits per heavy atom.